The molecule has 0 heterocycles. The van der Waals surface area contributed by atoms with Crippen LogP contribution in [-0.4, -0.2) is 95.2 Å². The van der Waals surface area contributed by atoms with Gasteiger partial charge in [-0.15, -0.1) is 0 Å². The van der Waals surface area contributed by atoms with Gasteiger partial charge in [-0.2, -0.15) is 11.8 Å². The van der Waals surface area contributed by atoms with Gasteiger partial charge in [0.25, 0.3) is 0 Å². The first-order chi connectivity index (χ1) is 16.9. The molecule has 0 saturated carbocycles. The minimum absolute atomic E-state index is 0.115. The van der Waals surface area contributed by atoms with Crippen molar-refractivity contribution in [1.82, 2.24) is 16.0 Å². The predicted molar refractivity (Wildman–Crippen MR) is 139 cm³/mol. The molecule has 3 amide bonds. The summed E-state index contributed by atoms with van der Waals surface area (Å²) in [6, 6.07) is -4.54. The van der Waals surface area contributed by atoms with E-state index in [0.717, 1.165) is 0 Å². The Morgan fingerprint density at radius 3 is 1.89 bits per heavy atom. The lowest BCUT2D eigenvalue weighted by molar-refractivity contribution is -0.142. The van der Waals surface area contributed by atoms with Gasteiger partial charge < -0.3 is 49.1 Å². The molecule has 0 aliphatic carbocycles. The number of guanidine groups is 1. The molecule has 208 valence electrons. The summed E-state index contributed by atoms with van der Waals surface area (Å²) >= 11 is 1.44. The van der Waals surface area contributed by atoms with Crippen LogP contribution in [0.1, 0.15) is 45.4 Å². The van der Waals surface area contributed by atoms with E-state index in [4.69, 9.17) is 22.9 Å². The molecule has 0 spiro atoms. The second kappa shape index (κ2) is 18.6. The number of aliphatic hydroxyl groups excluding tert-OH is 1. The zero-order valence-corrected chi connectivity index (χ0v) is 21.8. The Bertz CT molecular complexity index is 735. The van der Waals surface area contributed by atoms with E-state index in [0.29, 0.717) is 31.6 Å². The van der Waals surface area contributed by atoms with E-state index in [1.54, 1.807) is 0 Å². The number of carboxylic acids is 1. The summed E-state index contributed by atoms with van der Waals surface area (Å²) in [5.41, 5.74) is 21.8. The Balaban J connectivity index is 5.58. The third-order valence-corrected chi connectivity index (χ3v) is 5.85. The van der Waals surface area contributed by atoms with Gasteiger partial charge in [0.15, 0.2) is 5.96 Å². The van der Waals surface area contributed by atoms with Crippen molar-refractivity contribution in [2.75, 3.05) is 25.1 Å². The number of aliphatic carboxylic acids is 1. The summed E-state index contributed by atoms with van der Waals surface area (Å²) in [4.78, 5) is 53.8. The summed E-state index contributed by atoms with van der Waals surface area (Å²) in [5, 5.41) is 26.6. The van der Waals surface area contributed by atoms with Crippen molar-refractivity contribution in [3.63, 3.8) is 0 Å². The average molecular weight is 535 g/mol. The molecule has 5 atom stereocenters. The lowest BCUT2D eigenvalue weighted by atomic mass is 10.0. The minimum atomic E-state index is -1.27. The van der Waals surface area contributed by atoms with Crippen molar-refractivity contribution in [3.8, 4) is 0 Å². The molecule has 0 radical (unpaired) electrons. The molecule has 15 heteroatoms. The maximum absolute atomic E-state index is 13.1. The standard InChI is InChI=1S/C21H42N8O6S/c1-12(30)16(23)19(33)28-14(7-5-10-26-21(24)25)17(31)27-13(6-3-4-9-22)18(32)29-15(20(34)35)8-11-36-2/h12-16,30H,3-11,22-23H2,1-2H3,(H,27,31)(H,28,33)(H,29,32)(H,34,35)(H4,24,25,26). The SMILES string of the molecule is CSCCC(NC(=O)C(CCCCN)NC(=O)C(CCCN=C(N)N)NC(=O)C(N)C(C)O)C(=O)O. The maximum Gasteiger partial charge on any atom is 0.326 e. The van der Waals surface area contributed by atoms with Crippen LogP contribution in [0.25, 0.3) is 0 Å². The molecule has 0 fully saturated rings. The van der Waals surface area contributed by atoms with Gasteiger partial charge in [-0.3, -0.25) is 19.4 Å². The second-order valence-corrected chi connectivity index (χ2v) is 9.29. The molecule has 0 bridgehead atoms. The van der Waals surface area contributed by atoms with E-state index in [9.17, 15) is 29.4 Å². The Morgan fingerprint density at radius 2 is 1.42 bits per heavy atom. The molecule has 14 nitrogen and oxygen atoms in total. The van der Waals surface area contributed by atoms with Crippen molar-refractivity contribution in [1.29, 1.82) is 0 Å². The van der Waals surface area contributed by atoms with E-state index in [1.165, 1.54) is 18.7 Å². The maximum atomic E-state index is 13.1. The number of carboxylic acid groups (broad SMARTS) is 1. The number of unbranched alkanes of at least 4 members (excludes halogenated alkanes) is 1. The van der Waals surface area contributed by atoms with Crippen LogP contribution in [0, 0.1) is 0 Å². The molecule has 0 saturated heterocycles. The van der Waals surface area contributed by atoms with Crippen LogP contribution in [-0.2, 0) is 19.2 Å². The van der Waals surface area contributed by atoms with Crippen LogP contribution in [0.5, 0.6) is 0 Å². The number of hydrogen-bond acceptors (Lipinski definition) is 9. The Hall–Kier alpha value is -2.62. The number of hydrogen-bond donors (Lipinski definition) is 9. The van der Waals surface area contributed by atoms with Gasteiger partial charge in [0.1, 0.15) is 24.2 Å². The molecule has 0 aromatic heterocycles. The first-order valence-electron chi connectivity index (χ1n) is 11.8. The largest absolute Gasteiger partial charge is 0.480 e. The van der Waals surface area contributed by atoms with Crippen LogP contribution < -0.4 is 38.9 Å². The number of carbonyl (C=O) groups is 4. The molecule has 0 rings (SSSR count). The van der Waals surface area contributed by atoms with E-state index in [2.05, 4.69) is 20.9 Å². The van der Waals surface area contributed by atoms with E-state index >= 15 is 0 Å². The lowest BCUT2D eigenvalue weighted by Gasteiger charge is -2.25. The fraction of sp³-hybridized carbons (Fsp3) is 0.762. The lowest BCUT2D eigenvalue weighted by Crippen LogP contribution is -2.58. The molecule has 0 aromatic rings. The van der Waals surface area contributed by atoms with Crippen LogP contribution in [0.4, 0.5) is 0 Å². The zero-order chi connectivity index (χ0) is 27.7. The van der Waals surface area contributed by atoms with Crippen molar-refractivity contribution in [2.45, 2.75) is 75.7 Å². The average Bonchev–Trinajstić information content (AvgIpc) is 2.81. The van der Waals surface area contributed by atoms with E-state index in [1.807, 2.05) is 6.26 Å². The second-order valence-electron chi connectivity index (χ2n) is 8.30. The highest BCUT2D eigenvalue weighted by molar-refractivity contribution is 7.98. The number of amides is 3. The molecule has 5 unspecified atom stereocenters. The van der Waals surface area contributed by atoms with Crippen molar-refractivity contribution in [2.24, 2.45) is 27.9 Å². The highest BCUT2D eigenvalue weighted by atomic mass is 32.2. The molecule has 13 N–H and O–H groups in total. The molecule has 0 aliphatic heterocycles. The number of nitrogens with one attached hydrogen (secondary N) is 3. The summed E-state index contributed by atoms with van der Waals surface area (Å²) in [5.74, 6) is -2.85. The smallest absolute Gasteiger partial charge is 0.326 e. The highest BCUT2D eigenvalue weighted by Crippen LogP contribution is 2.07. The topological polar surface area (TPSA) is 261 Å². The number of nitrogens with two attached hydrogens (primary N) is 4. The van der Waals surface area contributed by atoms with Crippen LogP contribution in [0.3, 0.4) is 0 Å². The zero-order valence-electron chi connectivity index (χ0n) is 20.9. The number of carbonyl (C=O) groups excluding carboxylic acids is 3. The Labute approximate surface area is 215 Å². The summed E-state index contributed by atoms with van der Waals surface area (Å²) < 4.78 is 0. The predicted octanol–water partition coefficient (Wildman–Crippen LogP) is -2.83. The number of aliphatic imine (C=N–C) groups is 1. The Kier molecular flexibility index (Phi) is 17.3. The normalized spacial score (nSPS) is 15.0. The van der Waals surface area contributed by atoms with Crippen molar-refractivity contribution >= 4 is 41.4 Å². The van der Waals surface area contributed by atoms with Gasteiger partial charge in [-0.25, -0.2) is 4.79 Å². The van der Waals surface area contributed by atoms with Gasteiger partial charge in [0.05, 0.1) is 6.10 Å². The van der Waals surface area contributed by atoms with Gasteiger partial charge >= 0.3 is 5.97 Å². The first-order valence-corrected chi connectivity index (χ1v) is 13.2. The van der Waals surface area contributed by atoms with Gasteiger partial charge in [0.2, 0.25) is 17.7 Å². The number of thioether (sulfide) groups is 1. The number of aliphatic hydroxyl groups is 1. The van der Waals surface area contributed by atoms with Crippen LogP contribution in [0.2, 0.25) is 0 Å². The fourth-order valence-electron chi connectivity index (χ4n) is 3.06. The molecule has 0 aliphatic rings. The highest BCUT2D eigenvalue weighted by Gasteiger charge is 2.30. The summed E-state index contributed by atoms with van der Waals surface area (Å²) in [6.45, 7) is 1.92. The molecular formula is C21H42N8O6S. The molecular weight excluding hydrogens is 492 g/mol. The van der Waals surface area contributed by atoms with Gasteiger partial charge in [-0.05, 0) is 64.0 Å². The third kappa shape index (κ3) is 14.1. The molecule has 0 aromatic carbocycles. The number of nitrogens with zero attached hydrogens (tertiary/aromatic N) is 1. The van der Waals surface area contributed by atoms with E-state index < -0.39 is 54.0 Å². The fourth-order valence-corrected chi connectivity index (χ4v) is 3.53. The Morgan fingerprint density at radius 1 is 0.889 bits per heavy atom. The van der Waals surface area contributed by atoms with Crippen LogP contribution >= 0.6 is 11.8 Å². The van der Waals surface area contributed by atoms with Gasteiger partial charge in [-0.1, -0.05) is 0 Å². The summed E-state index contributed by atoms with van der Waals surface area (Å²) in [6.07, 6.45) is 2.63. The van der Waals surface area contributed by atoms with E-state index in [-0.39, 0.29) is 31.8 Å². The quantitative estimate of drug-likeness (QED) is 0.0463. The van der Waals surface area contributed by atoms with Gasteiger partial charge in [0, 0.05) is 6.54 Å². The van der Waals surface area contributed by atoms with Crippen molar-refractivity contribution in [3.05, 3.63) is 0 Å². The van der Waals surface area contributed by atoms with Crippen LogP contribution in [0.15, 0.2) is 4.99 Å². The van der Waals surface area contributed by atoms with Crippen molar-refractivity contribution < 1.29 is 29.4 Å². The molecule has 36 heavy (non-hydrogen) atoms. The number of rotatable bonds is 19. The minimum Gasteiger partial charge on any atom is -0.480 e. The monoisotopic (exact) mass is 534 g/mol. The third-order valence-electron chi connectivity index (χ3n) is 5.21. The first kappa shape index (κ1) is 33.4. The summed E-state index contributed by atoms with van der Waals surface area (Å²) in [7, 11) is 0.